The van der Waals surface area contributed by atoms with Crippen LogP contribution in [-0.4, -0.2) is 23.9 Å². The molecule has 0 aliphatic rings. The van der Waals surface area contributed by atoms with Crippen molar-refractivity contribution in [2.45, 2.75) is 17.2 Å². The van der Waals surface area contributed by atoms with Crippen molar-refractivity contribution in [1.82, 2.24) is 9.44 Å². The summed E-state index contributed by atoms with van der Waals surface area (Å²) in [5.41, 5.74) is 1.06. The number of nitrogens with one attached hydrogen (secondary N) is 2. The molecule has 136 valence electrons. The van der Waals surface area contributed by atoms with Gasteiger partial charge in [0.15, 0.2) is 0 Å². The molecule has 0 aromatic heterocycles. The van der Waals surface area contributed by atoms with Crippen molar-refractivity contribution in [2.75, 3.05) is 7.05 Å². The van der Waals surface area contributed by atoms with Gasteiger partial charge in [-0.25, -0.2) is 35.1 Å². The van der Waals surface area contributed by atoms with E-state index in [4.69, 9.17) is 0 Å². The summed E-state index contributed by atoms with van der Waals surface area (Å²) in [4.78, 5) is -0.774. The highest BCUT2D eigenvalue weighted by Gasteiger charge is 2.19. The van der Waals surface area contributed by atoms with E-state index in [0.717, 1.165) is 12.1 Å². The van der Waals surface area contributed by atoms with Crippen molar-refractivity contribution in [3.63, 3.8) is 0 Å². The molecule has 0 aliphatic heterocycles. The lowest BCUT2D eigenvalue weighted by Crippen LogP contribution is -2.24. The molecule has 0 heterocycles. The fraction of sp³-hybridized carbons (Fsp3) is 0.200. The quantitative estimate of drug-likeness (QED) is 0.749. The molecule has 0 aliphatic carbocycles. The molecule has 2 rings (SSSR count). The molecule has 2 aromatic carbocycles. The lowest BCUT2D eigenvalue weighted by atomic mass is 10.1. The predicted octanol–water partition coefficient (Wildman–Crippen LogP) is 1.49. The van der Waals surface area contributed by atoms with Crippen LogP contribution in [0.3, 0.4) is 0 Å². The first kappa shape index (κ1) is 19.4. The maximum absolute atomic E-state index is 13.6. The number of rotatable bonds is 7. The van der Waals surface area contributed by atoms with Gasteiger partial charge in [0.2, 0.25) is 20.0 Å². The Kier molecular flexibility index (Phi) is 5.88. The molecule has 0 fully saturated rings. The summed E-state index contributed by atoms with van der Waals surface area (Å²) in [7, 11) is -6.32. The molecular weight excluding hydrogens is 374 g/mol. The maximum atomic E-state index is 13.6. The molecule has 2 aromatic rings. The van der Waals surface area contributed by atoms with E-state index < -0.39 is 36.6 Å². The second kappa shape index (κ2) is 7.56. The summed E-state index contributed by atoms with van der Waals surface area (Å²) in [6.45, 7) is -0.155. The molecule has 0 bridgehead atoms. The Morgan fingerprint density at radius 3 is 2.12 bits per heavy atom. The molecule has 2 N–H and O–H groups in total. The minimum atomic E-state index is -4.23. The van der Waals surface area contributed by atoms with Crippen molar-refractivity contribution in [3.8, 4) is 0 Å². The average Bonchev–Trinajstić information content (AvgIpc) is 2.56. The molecule has 0 unspecified atom stereocenters. The summed E-state index contributed by atoms with van der Waals surface area (Å²) >= 11 is 0. The summed E-state index contributed by atoms with van der Waals surface area (Å²) in [5.74, 6) is -2.12. The first-order chi connectivity index (χ1) is 11.6. The highest BCUT2D eigenvalue weighted by atomic mass is 32.2. The SMILES string of the molecule is CNS(=O)(=O)Cc1ccc(CNS(=O)(=O)c2cc(F)ccc2F)cc1. The number of halogens is 2. The van der Waals surface area contributed by atoms with Gasteiger partial charge in [-0.3, -0.25) is 0 Å². The highest BCUT2D eigenvalue weighted by molar-refractivity contribution is 7.89. The molecule has 0 radical (unpaired) electrons. The molecule has 0 amide bonds. The molecule has 25 heavy (non-hydrogen) atoms. The van der Waals surface area contributed by atoms with Gasteiger partial charge in [-0.1, -0.05) is 24.3 Å². The van der Waals surface area contributed by atoms with Crippen LogP contribution < -0.4 is 9.44 Å². The van der Waals surface area contributed by atoms with Crippen LogP contribution in [0.15, 0.2) is 47.4 Å². The zero-order valence-corrected chi connectivity index (χ0v) is 14.8. The minimum absolute atomic E-state index is 0.155. The summed E-state index contributed by atoms with van der Waals surface area (Å²) in [6, 6.07) is 8.34. The summed E-state index contributed by atoms with van der Waals surface area (Å²) in [6.07, 6.45) is 0. The van der Waals surface area contributed by atoms with E-state index in [1.807, 2.05) is 0 Å². The van der Waals surface area contributed by atoms with Crippen molar-refractivity contribution < 1.29 is 25.6 Å². The van der Waals surface area contributed by atoms with Gasteiger partial charge in [0.25, 0.3) is 0 Å². The third-order valence-electron chi connectivity index (χ3n) is 3.34. The van der Waals surface area contributed by atoms with Gasteiger partial charge < -0.3 is 0 Å². The number of benzene rings is 2. The van der Waals surface area contributed by atoms with E-state index in [1.54, 1.807) is 24.3 Å². The molecule has 6 nitrogen and oxygen atoms in total. The fourth-order valence-corrected chi connectivity index (χ4v) is 3.86. The Labute approximate surface area is 145 Å². The second-order valence-electron chi connectivity index (χ2n) is 5.18. The molecular formula is C15H16F2N2O4S2. The summed E-state index contributed by atoms with van der Waals surface area (Å²) < 4.78 is 78.1. The van der Waals surface area contributed by atoms with Crippen molar-refractivity contribution in [1.29, 1.82) is 0 Å². The normalized spacial score (nSPS) is 12.3. The Balaban J connectivity index is 2.09. The van der Waals surface area contributed by atoms with Gasteiger partial charge >= 0.3 is 0 Å². The minimum Gasteiger partial charge on any atom is -0.218 e. The van der Waals surface area contributed by atoms with Crippen molar-refractivity contribution in [2.24, 2.45) is 0 Å². The fourth-order valence-electron chi connectivity index (χ4n) is 1.98. The van der Waals surface area contributed by atoms with Crippen LogP contribution in [0.2, 0.25) is 0 Å². The monoisotopic (exact) mass is 390 g/mol. The lowest BCUT2D eigenvalue weighted by Gasteiger charge is -2.09. The third kappa shape index (κ3) is 5.30. The Hall–Kier alpha value is -1.88. The second-order valence-corrected chi connectivity index (χ2v) is 8.84. The van der Waals surface area contributed by atoms with Crippen LogP contribution in [0.4, 0.5) is 8.78 Å². The third-order valence-corrected chi connectivity index (χ3v) is 6.09. The molecule has 0 spiro atoms. The van der Waals surface area contributed by atoms with Crippen LogP contribution in [0.1, 0.15) is 11.1 Å². The van der Waals surface area contributed by atoms with Gasteiger partial charge in [-0.15, -0.1) is 0 Å². The maximum Gasteiger partial charge on any atom is 0.243 e. The van der Waals surface area contributed by atoms with Crippen molar-refractivity contribution >= 4 is 20.0 Å². The predicted molar refractivity (Wildman–Crippen MR) is 88.5 cm³/mol. The average molecular weight is 390 g/mol. The van der Waals surface area contributed by atoms with E-state index in [1.165, 1.54) is 7.05 Å². The Bertz CT molecular complexity index is 960. The molecule has 10 heteroatoms. The van der Waals surface area contributed by atoms with E-state index in [9.17, 15) is 25.6 Å². The van der Waals surface area contributed by atoms with Crippen LogP contribution in [-0.2, 0) is 32.3 Å². The van der Waals surface area contributed by atoms with E-state index >= 15 is 0 Å². The smallest absolute Gasteiger partial charge is 0.218 e. The molecule has 0 atom stereocenters. The zero-order chi connectivity index (χ0) is 18.7. The highest BCUT2D eigenvalue weighted by Crippen LogP contribution is 2.16. The first-order valence-electron chi connectivity index (χ1n) is 7.07. The van der Waals surface area contributed by atoms with Crippen molar-refractivity contribution in [3.05, 3.63) is 65.2 Å². The Morgan fingerprint density at radius 1 is 0.920 bits per heavy atom. The van der Waals surface area contributed by atoms with Crippen LogP contribution in [0.25, 0.3) is 0 Å². The lowest BCUT2D eigenvalue weighted by molar-refractivity contribution is 0.545. The zero-order valence-electron chi connectivity index (χ0n) is 13.2. The molecule has 0 saturated heterocycles. The van der Waals surface area contributed by atoms with Crippen LogP contribution in [0.5, 0.6) is 0 Å². The van der Waals surface area contributed by atoms with Gasteiger partial charge in [-0.2, -0.15) is 0 Å². The first-order valence-corrected chi connectivity index (χ1v) is 10.2. The van der Waals surface area contributed by atoms with Gasteiger partial charge in [-0.05, 0) is 36.4 Å². The number of hydrogen-bond acceptors (Lipinski definition) is 4. The van der Waals surface area contributed by atoms with Crippen LogP contribution >= 0.6 is 0 Å². The summed E-state index contributed by atoms with van der Waals surface area (Å²) in [5, 5.41) is 0. The van der Waals surface area contributed by atoms with E-state index in [0.29, 0.717) is 17.2 Å². The van der Waals surface area contributed by atoms with Gasteiger partial charge in [0, 0.05) is 6.54 Å². The van der Waals surface area contributed by atoms with Gasteiger partial charge in [0.05, 0.1) is 5.75 Å². The van der Waals surface area contributed by atoms with Gasteiger partial charge in [0.1, 0.15) is 16.5 Å². The number of sulfonamides is 2. The largest absolute Gasteiger partial charge is 0.243 e. The van der Waals surface area contributed by atoms with Crippen LogP contribution in [0, 0.1) is 11.6 Å². The standard InChI is InChI=1S/C15H16F2N2O4S2/c1-18-24(20,21)10-12-4-2-11(3-5-12)9-19-25(22,23)15-8-13(16)6-7-14(15)17/h2-8,18-19H,9-10H2,1H3. The molecule has 0 saturated carbocycles. The topological polar surface area (TPSA) is 92.3 Å². The van der Waals surface area contributed by atoms with E-state index in [-0.39, 0.29) is 12.3 Å². The number of hydrogen-bond donors (Lipinski definition) is 2. The Morgan fingerprint density at radius 2 is 1.52 bits per heavy atom. The van der Waals surface area contributed by atoms with E-state index in [2.05, 4.69) is 9.44 Å².